The smallest absolute Gasteiger partial charge is 0.264 e. The summed E-state index contributed by atoms with van der Waals surface area (Å²) in [4.78, 5) is 14.4. The van der Waals surface area contributed by atoms with E-state index in [1.807, 2.05) is 18.2 Å². The molecule has 0 atom stereocenters. The first kappa shape index (κ1) is 11.4. The van der Waals surface area contributed by atoms with Crippen molar-refractivity contribution in [3.63, 3.8) is 0 Å². The molecule has 0 saturated heterocycles. The van der Waals surface area contributed by atoms with Crippen molar-refractivity contribution in [3.8, 4) is 0 Å². The Bertz CT molecular complexity index is 478. The van der Waals surface area contributed by atoms with Crippen molar-refractivity contribution in [2.24, 2.45) is 0 Å². The van der Waals surface area contributed by atoms with Gasteiger partial charge in [0, 0.05) is 19.2 Å². The van der Waals surface area contributed by atoms with Gasteiger partial charge in [-0.2, -0.15) is 0 Å². The van der Waals surface area contributed by atoms with Crippen LogP contribution in [-0.2, 0) is 6.54 Å². The normalized spacial score (nSPS) is 10.4. The van der Waals surface area contributed by atoms with Crippen molar-refractivity contribution in [2.45, 2.75) is 6.54 Å². The standard InChI is InChI=1S/C11H10BrNO2S/c1-13(6-8-4-5-15-7-8)11(14)9-2-3-10(12)16-9/h2-5,7H,6H2,1H3. The molecule has 0 spiro atoms. The molecule has 0 N–H and O–H groups in total. The van der Waals surface area contributed by atoms with E-state index in [1.54, 1.807) is 24.5 Å². The third-order valence-corrected chi connectivity index (χ3v) is 3.74. The Morgan fingerprint density at radius 1 is 1.50 bits per heavy atom. The lowest BCUT2D eigenvalue weighted by molar-refractivity contribution is 0.0789. The van der Waals surface area contributed by atoms with E-state index >= 15 is 0 Å². The van der Waals surface area contributed by atoms with Gasteiger partial charge in [-0.15, -0.1) is 11.3 Å². The van der Waals surface area contributed by atoms with Crippen LogP contribution in [0.2, 0.25) is 0 Å². The molecular weight excluding hydrogens is 290 g/mol. The van der Waals surface area contributed by atoms with Crippen LogP contribution < -0.4 is 0 Å². The zero-order chi connectivity index (χ0) is 11.5. The van der Waals surface area contributed by atoms with Crippen molar-refractivity contribution in [3.05, 3.63) is 45.0 Å². The predicted octanol–water partition coefficient (Wildman–Crippen LogP) is 3.38. The Balaban J connectivity index is 2.05. The second-order valence-electron chi connectivity index (χ2n) is 3.40. The summed E-state index contributed by atoms with van der Waals surface area (Å²) in [7, 11) is 1.78. The Morgan fingerprint density at radius 3 is 2.88 bits per heavy atom. The number of thiophene rings is 1. The Labute approximate surface area is 106 Å². The molecule has 5 heteroatoms. The lowest BCUT2D eigenvalue weighted by atomic mass is 10.3. The zero-order valence-electron chi connectivity index (χ0n) is 8.64. The molecule has 0 aliphatic heterocycles. The van der Waals surface area contributed by atoms with Crippen molar-refractivity contribution >= 4 is 33.2 Å². The third kappa shape index (κ3) is 2.54. The van der Waals surface area contributed by atoms with Crippen LogP contribution in [0.15, 0.2) is 38.9 Å². The molecule has 84 valence electrons. The van der Waals surface area contributed by atoms with Crippen LogP contribution in [0.1, 0.15) is 15.2 Å². The number of halogens is 1. The topological polar surface area (TPSA) is 33.5 Å². The molecule has 2 aromatic heterocycles. The molecule has 3 nitrogen and oxygen atoms in total. The van der Waals surface area contributed by atoms with Crippen molar-refractivity contribution in [1.29, 1.82) is 0 Å². The molecule has 0 aliphatic carbocycles. The Kier molecular flexibility index (Phi) is 3.46. The van der Waals surface area contributed by atoms with E-state index in [0.717, 1.165) is 14.2 Å². The van der Waals surface area contributed by atoms with Gasteiger partial charge in [0.05, 0.1) is 21.2 Å². The SMILES string of the molecule is CN(Cc1ccoc1)C(=O)c1ccc(Br)s1. The molecule has 0 fully saturated rings. The largest absolute Gasteiger partial charge is 0.472 e. The van der Waals surface area contributed by atoms with Crippen LogP contribution >= 0.6 is 27.3 Å². The molecule has 1 amide bonds. The summed E-state index contributed by atoms with van der Waals surface area (Å²) in [5.41, 5.74) is 0.992. The zero-order valence-corrected chi connectivity index (χ0v) is 11.0. The molecule has 0 bridgehead atoms. The molecular formula is C11H10BrNO2S. The summed E-state index contributed by atoms with van der Waals surface area (Å²) < 4.78 is 5.93. The van der Waals surface area contributed by atoms with E-state index in [1.165, 1.54) is 11.3 Å². The van der Waals surface area contributed by atoms with Gasteiger partial charge in [-0.05, 0) is 34.1 Å². The van der Waals surface area contributed by atoms with E-state index in [9.17, 15) is 4.79 Å². The van der Waals surface area contributed by atoms with Gasteiger partial charge in [0.25, 0.3) is 5.91 Å². The van der Waals surface area contributed by atoms with Crippen LogP contribution in [0.5, 0.6) is 0 Å². The number of carbonyl (C=O) groups excluding carboxylic acids is 1. The Morgan fingerprint density at radius 2 is 2.31 bits per heavy atom. The summed E-state index contributed by atoms with van der Waals surface area (Å²) in [5, 5.41) is 0. The Hall–Kier alpha value is -1.07. The van der Waals surface area contributed by atoms with E-state index in [4.69, 9.17) is 4.42 Å². The summed E-state index contributed by atoms with van der Waals surface area (Å²) in [6.45, 7) is 0.560. The van der Waals surface area contributed by atoms with Crippen LogP contribution in [0, 0.1) is 0 Å². The molecule has 0 radical (unpaired) electrons. The number of nitrogens with zero attached hydrogens (tertiary/aromatic N) is 1. The minimum absolute atomic E-state index is 0.0249. The van der Waals surface area contributed by atoms with Gasteiger partial charge in [-0.3, -0.25) is 4.79 Å². The maximum absolute atomic E-state index is 12.0. The number of furan rings is 1. The van der Waals surface area contributed by atoms with E-state index in [-0.39, 0.29) is 5.91 Å². The van der Waals surface area contributed by atoms with Crippen LogP contribution in [0.3, 0.4) is 0 Å². The maximum Gasteiger partial charge on any atom is 0.264 e. The highest BCUT2D eigenvalue weighted by molar-refractivity contribution is 9.11. The van der Waals surface area contributed by atoms with Gasteiger partial charge in [-0.1, -0.05) is 0 Å². The molecule has 2 rings (SSSR count). The van der Waals surface area contributed by atoms with Gasteiger partial charge >= 0.3 is 0 Å². The second-order valence-corrected chi connectivity index (χ2v) is 5.86. The molecule has 0 aromatic carbocycles. The number of amides is 1. The summed E-state index contributed by atoms with van der Waals surface area (Å²) >= 11 is 4.78. The number of hydrogen-bond donors (Lipinski definition) is 0. The highest BCUT2D eigenvalue weighted by Crippen LogP contribution is 2.23. The summed E-state index contributed by atoms with van der Waals surface area (Å²) in [6.07, 6.45) is 3.25. The van der Waals surface area contributed by atoms with Crippen molar-refractivity contribution < 1.29 is 9.21 Å². The van der Waals surface area contributed by atoms with Gasteiger partial charge in [0.1, 0.15) is 0 Å². The molecule has 0 aliphatic rings. The number of carbonyl (C=O) groups is 1. The van der Waals surface area contributed by atoms with Gasteiger partial charge in [0.15, 0.2) is 0 Å². The highest BCUT2D eigenvalue weighted by atomic mass is 79.9. The highest BCUT2D eigenvalue weighted by Gasteiger charge is 2.14. The summed E-state index contributed by atoms with van der Waals surface area (Å²) in [5.74, 6) is 0.0249. The summed E-state index contributed by atoms with van der Waals surface area (Å²) in [6, 6.07) is 5.56. The number of hydrogen-bond acceptors (Lipinski definition) is 3. The first-order chi connectivity index (χ1) is 7.66. The molecule has 2 aromatic rings. The fraction of sp³-hybridized carbons (Fsp3) is 0.182. The van der Waals surface area contributed by atoms with Gasteiger partial charge < -0.3 is 9.32 Å². The number of rotatable bonds is 3. The maximum atomic E-state index is 12.0. The van der Waals surface area contributed by atoms with Crippen LogP contribution in [0.4, 0.5) is 0 Å². The second kappa shape index (κ2) is 4.84. The fourth-order valence-electron chi connectivity index (χ4n) is 1.35. The first-order valence-corrected chi connectivity index (χ1v) is 6.29. The molecule has 2 heterocycles. The third-order valence-electron chi connectivity index (χ3n) is 2.13. The van der Waals surface area contributed by atoms with Crippen molar-refractivity contribution in [2.75, 3.05) is 7.05 Å². The molecule has 16 heavy (non-hydrogen) atoms. The first-order valence-electron chi connectivity index (χ1n) is 4.68. The average molecular weight is 300 g/mol. The van der Waals surface area contributed by atoms with E-state index in [2.05, 4.69) is 15.9 Å². The van der Waals surface area contributed by atoms with Crippen LogP contribution in [0.25, 0.3) is 0 Å². The quantitative estimate of drug-likeness (QED) is 0.870. The van der Waals surface area contributed by atoms with Gasteiger partial charge in [-0.25, -0.2) is 0 Å². The predicted molar refractivity (Wildman–Crippen MR) is 66.5 cm³/mol. The molecule has 0 unspecified atom stereocenters. The fourth-order valence-corrected chi connectivity index (χ4v) is 2.73. The van der Waals surface area contributed by atoms with Crippen molar-refractivity contribution in [1.82, 2.24) is 4.90 Å². The lowest BCUT2D eigenvalue weighted by Crippen LogP contribution is -2.25. The molecule has 0 saturated carbocycles. The van der Waals surface area contributed by atoms with E-state index < -0.39 is 0 Å². The van der Waals surface area contributed by atoms with Crippen LogP contribution in [-0.4, -0.2) is 17.9 Å². The minimum Gasteiger partial charge on any atom is -0.472 e. The minimum atomic E-state index is 0.0249. The van der Waals surface area contributed by atoms with E-state index in [0.29, 0.717) is 6.54 Å². The van der Waals surface area contributed by atoms with Gasteiger partial charge in [0.2, 0.25) is 0 Å². The monoisotopic (exact) mass is 299 g/mol. The lowest BCUT2D eigenvalue weighted by Gasteiger charge is -2.14. The average Bonchev–Trinajstić information content (AvgIpc) is 2.88.